The molecule has 0 bridgehead atoms. The second-order valence-electron chi connectivity index (χ2n) is 8.81. The van der Waals surface area contributed by atoms with E-state index in [9.17, 15) is 4.79 Å². The Kier molecular flexibility index (Phi) is 7.70. The SMILES string of the molecule is COc1ccc(COc2cc(OCc3cccc(-c4ccc5c(c4)OCCO5)c3C)c(Cl)cc2C=O)cc1. The van der Waals surface area contributed by atoms with Crippen LogP contribution in [-0.4, -0.2) is 26.6 Å². The predicted molar refractivity (Wildman–Crippen MR) is 146 cm³/mol. The van der Waals surface area contributed by atoms with Gasteiger partial charge in [0.15, 0.2) is 17.8 Å². The number of carbonyl (C=O) groups excluding carboxylic acids is 1. The first kappa shape index (κ1) is 25.5. The summed E-state index contributed by atoms with van der Waals surface area (Å²) >= 11 is 6.45. The molecule has 0 atom stereocenters. The number of fused-ring (bicyclic) bond motifs is 1. The van der Waals surface area contributed by atoms with Gasteiger partial charge < -0.3 is 23.7 Å². The highest BCUT2D eigenvalue weighted by Crippen LogP contribution is 2.37. The van der Waals surface area contributed by atoms with Crippen LogP contribution in [0.5, 0.6) is 28.7 Å². The van der Waals surface area contributed by atoms with Crippen LogP contribution in [0.25, 0.3) is 11.1 Å². The van der Waals surface area contributed by atoms with E-state index in [2.05, 4.69) is 13.0 Å². The molecule has 6 nitrogen and oxygen atoms in total. The minimum Gasteiger partial charge on any atom is -0.497 e. The summed E-state index contributed by atoms with van der Waals surface area (Å²) in [6.45, 7) is 3.73. The molecule has 5 rings (SSSR count). The lowest BCUT2D eigenvalue weighted by Crippen LogP contribution is -2.15. The number of aldehydes is 1. The molecular weight excluding hydrogens is 504 g/mol. The average Bonchev–Trinajstić information content (AvgIpc) is 2.96. The highest BCUT2D eigenvalue weighted by atomic mass is 35.5. The highest BCUT2D eigenvalue weighted by molar-refractivity contribution is 6.32. The van der Waals surface area contributed by atoms with Crippen LogP contribution in [0.15, 0.2) is 72.8 Å². The molecule has 0 aliphatic carbocycles. The van der Waals surface area contributed by atoms with Crippen LogP contribution in [0.1, 0.15) is 27.0 Å². The van der Waals surface area contributed by atoms with Crippen molar-refractivity contribution in [2.75, 3.05) is 20.3 Å². The van der Waals surface area contributed by atoms with Gasteiger partial charge in [-0.05, 0) is 65.1 Å². The molecule has 0 spiro atoms. The van der Waals surface area contributed by atoms with E-state index in [4.69, 9.17) is 35.3 Å². The van der Waals surface area contributed by atoms with Gasteiger partial charge in [0, 0.05) is 6.07 Å². The van der Waals surface area contributed by atoms with Gasteiger partial charge in [-0.25, -0.2) is 0 Å². The monoisotopic (exact) mass is 530 g/mol. The molecule has 0 saturated carbocycles. The smallest absolute Gasteiger partial charge is 0.161 e. The van der Waals surface area contributed by atoms with Crippen LogP contribution in [-0.2, 0) is 13.2 Å². The van der Waals surface area contributed by atoms with Crippen molar-refractivity contribution in [3.05, 3.63) is 100 Å². The first-order valence-electron chi connectivity index (χ1n) is 12.2. The Morgan fingerprint density at radius 2 is 1.63 bits per heavy atom. The Morgan fingerprint density at radius 1 is 0.868 bits per heavy atom. The minimum atomic E-state index is 0.280. The van der Waals surface area contributed by atoms with Crippen LogP contribution >= 0.6 is 11.6 Å². The van der Waals surface area contributed by atoms with Gasteiger partial charge in [0.05, 0.1) is 17.7 Å². The fourth-order valence-corrected chi connectivity index (χ4v) is 4.51. The topological polar surface area (TPSA) is 63.2 Å². The molecule has 7 heteroatoms. The number of hydrogen-bond donors (Lipinski definition) is 0. The lowest BCUT2D eigenvalue weighted by atomic mass is 9.96. The third kappa shape index (κ3) is 5.55. The summed E-state index contributed by atoms with van der Waals surface area (Å²) in [6.07, 6.45) is 0.722. The van der Waals surface area contributed by atoms with Gasteiger partial charge in [-0.1, -0.05) is 48.0 Å². The van der Waals surface area contributed by atoms with Crippen LogP contribution in [0.2, 0.25) is 5.02 Å². The van der Waals surface area contributed by atoms with E-state index in [0.717, 1.165) is 51.4 Å². The number of benzene rings is 4. The molecule has 0 aromatic heterocycles. The third-order valence-corrected chi connectivity index (χ3v) is 6.72. The molecule has 194 valence electrons. The third-order valence-electron chi connectivity index (χ3n) is 6.43. The quantitative estimate of drug-likeness (QED) is 0.216. The summed E-state index contributed by atoms with van der Waals surface area (Å²) in [4.78, 5) is 11.7. The molecule has 1 aliphatic rings. The maximum atomic E-state index is 11.7. The normalized spacial score (nSPS) is 12.1. The number of rotatable bonds is 9. The second-order valence-corrected chi connectivity index (χ2v) is 9.22. The van der Waals surface area contributed by atoms with Crippen molar-refractivity contribution in [1.82, 2.24) is 0 Å². The number of ether oxygens (including phenoxy) is 5. The Bertz CT molecular complexity index is 1450. The maximum absolute atomic E-state index is 11.7. The molecule has 0 radical (unpaired) electrons. The van der Waals surface area contributed by atoms with Gasteiger partial charge in [-0.15, -0.1) is 0 Å². The minimum absolute atomic E-state index is 0.280. The van der Waals surface area contributed by atoms with Crippen LogP contribution < -0.4 is 23.7 Å². The zero-order valence-electron chi connectivity index (χ0n) is 21.2. The average molecular weight is 531 g/mol. The largest absolute Gasteiger partial charge is 0.497 e. The molecule has 0 saturated heterocycles. The summed E-state index contributed by atoms with van der Waals surface area (Å²) in [7, 11) is 1.62. The van der Waals surface area contributed by atoms with Gasteiger partial charge in [0.1, 0.15) is 43.7 Å². The molecular formula is C31H27ClO6. The van der Waals surface area contributed by atoms with Gasteiger partial charge in [-0.3, -0.25) is 4.79 Å². The van der Waals surface area contributed by atoms with E-state index in [1.54, 1.807) is 19.2 Å². The summed E-state index contributed by atoms with van der Waals surface area (Å²) in [6, 6.07) is 22.8. The fraction of sp³-hybridized carbons (Fsp3) is 0.194. The molecule has 0 amide bonds. The first-order chi connectivity index (χ1) is 18.6. The van der Waals surface area contributed by atoms with E-state index >= 15 is 0 Å². The van der Waals surface area contributed by atoms with Crippen LogP contribution in [0.3, 0.4) is 0 Å². The number of carbonyl (C=O) groups is 1. The van der Waals surface area contributed by atoms with Gasteiger partial charge in [0.25, 0.3) is 0 Å². The van der Waals surface area contributed by atoms with Crippen LogP contribution in [0.4, 0.5) is 0 Å². The molecule has 4 aromatic rings. The Labute approximate surface area is 226 Å². The van der Waals surface area contributed by atoms with Crippen molar-refractivity contribution >= 4 is 17.9 Å². The maximum Gasteiger partial charge on any atom is 0.161 e. The predicted octanol–water partition coefficient (Wildman–Crippen LogP) is 7.07. The lowest BCUT2D eigenvalue weighted by Gasteiger charge is -2.20. The van der Waals surface area contributed by atoms with Crippen molar-refractivity contribution in [3.63, 3.8) is 0 Å². The zero-order chi connectivity index (χ0) is 26.5. The van der Waals surface area contributed by atoms with E-state index in [1.165, 1.54) is 0 Å². The fourth-order valence-electron chi connectivity index (χ4n) is 4.28. The van der Waals surface area contributed by atoms with E-state index < -0.39 is 0 Å². The first-order valence-corrected chi connectivity index (χ1v) is 12.6. The molecule has 1 aliphatic heterocycles. The Hall–Kier alpha value is -4.16. The van der Waals surface area contributed by atoms with E-state index in [-0.39, 0.29) is 6.61 Å². The summed E-state index contributed by atoms with van der Waals surface area (Å²) in [5.41, 5.74) is 5.50. The summed E-state index contributed by atoms with van der Waals surface area (Å²) in [5, 5.41) is 0.338. The standard InChI is InChI=1S/C31H27ClO6/c1-20-23(4-3-5-26(20)22-8-11-28-31(15-22)36-13-12-35-28)19-38-30-16-29(24(17-33)14-27(30)32)37-18-21-6-9-25(34-2)10-7-21/h3-11,14-17H,12-13,18-19H2,1-2H3. The zero-order valence-corrected chi connectivity index (χ0v) is 21.9. The van der Waals surface area contributed by atoms with Crippen molar-refractivity contribution < 1.29 is 28.5 Å². The number of methoxy groups -OCH3 is 1. The number of halogens is 1. The van der Waals surface area contributed by atoms with Crippen molar-refractivity contribution in [2.24, 2.45) is 0 Å². The molecule has 38 heavy (non-hydrogen) atoms. The van der Waals surface area contributed by atoms with E-state index in [0.29, 0.717) is 41.9 Å². The molecule has 0 N–H and O–H groups in total. The molecule has 1 heterocycles. The van der Waals surface area contributed by atoms with Crippen molar-refractivity contribution in [3.8, 4) is 39.9 Å². The summed E-state index contributed by atoms with van der Waals surface area (Å²) < 4.78 is 28.7. The lowest BCUT2D eigenvalue weighted by molar-refractivity contribution is 0.111. The van der Waals surface area contributed by atoms with Crippen molar-refractivity contribution in [2.45, 2.75) is 20.1 Å². The summed E-state index contributed by atoms with van der Waals surface area (Å²) in [5.74, 6) is 3.11. The van der Waals surface area contributed by atoms with Gasteiger partial charge in [-0.2, -0.15) is 0 Å². The Morgan fingerprint density at radius 3 is 2.39 bits per heavy atom. The molecule has 0 fully saturated rings. The second kappa shape index (κ2) is 11.5. The van der Waals surface area contributed by atoms with Gasteiger partial charge >= 0.3 is 0 Å². The van der Waals surface area contributed by atoms with Crippen molar-refractivity contribution in [1.29, 1.82) is 0 Å². The Balaban J connectivity index is 1.33. The van der Waals surface area contributed by atoms with Crippen LogP contribution in [0, 0.1) is 6.92 Å². The highest BCUT2D eigenvalue weighted by Gasteiger charge is 2.16. The molecule has 0 unspecified atom stereocenters. The molecule has 4 aromatic carbocycles. The van der Waals surface area contributed by atoms with Gasteiger partial charge in [0.2, 0.25) is 0 Å². The van der Waals surface area contributed by atoms with E-state index in [1.807, 2.05) is 54.6 Å². The number of hydrogen-bond acceptors (Lipinski definition) is 6.